The lowest BCUT2D eigenvalue weighted by molar-refractivity contribution is 0.298. The number of nitrogens with zero attached hydrogens (tertiary/aromatic N) is 5. The number of aliphatic hydroxyl groups is 1. The van der Waals surface area contributed by atoms with Gasteiger partial charge < -0.3 is 5.11 Å². The van der Waals surface area contributed by atoms with Crippen LogP contribution >= 0.6 is 34.9 Å². The SMILES string of the molecule is OCCc1cn(-c2c(Cl)cc(Cl)c3nsnc23)nn1. The van der Waals surface area contributed by atoms with Crippen LogP contribution in [0.5, 0.6) is 0 Å². The summed E-state index contributed by atoms with van der Waals surface area (Å²) in [4.78, 5) is 0. The second-order valence-corrected chi connectivity index (χ2v) is 5.12. The second-order valence-electron chi connectivity index (χ2n) is 3.78. The van der Waals surface area contributed by atoms with Gasteiger partial charge in [-0.25, -0.2) is 4.68 Å². The Labute approximate surface area is 121 Å². The molecule has 0 radical (unpaired) electrons. The van der Waals surface area contributed by atoms with Gasteiger partial charge in [-0.2, -0.15) is 8.75 Å². The summed E-state index contributed by atoms with van der Waals surface area (Å²) in [5.41, 5.74) is 2.43. The van der Waals surface area contributed by atoms with Crippen molar-refractivity contribution in [3.8, 4) is 5.69 Å². The molecule has 6 nitrogen and oxygen atoms in total. The number of rotatable bonds is 3. The fourth-order valence-electron chi connectivity index (χ4n) is 1.72. The average Bonchev–Trinajstić information content (AvgIpc) is 2.99. The lowest BCUT2D eigenvalue weighted by atomic mass is 10.2. The Balaban J connectivity index is 2.20. The number of aliphatic hydroxyl groups excluding tert-OH is 1. The van der Waals surface area contributed by atoms with Crippen LogP contribution in [-0.4, -0.2) is 35.5 Å². The van der Waals surface area contributed by atoms with Gasteiger partial charge >= 0.3 is 0 Å². The number of aromatic nitrogens is 5. The Kier molecular flexibility index (Phi) is 3.36. The molecule has 0 aliphatic carbocycles. The molecule has 0 aliphatic rings. The van der Waals surface area contributed by atoms with Crippen LogP contribution in [0.3, 0.4) is 0 Å². The summed E-state index contributed by atoms with van der Waals surface area (Å²) in [6.45, 7) is 0.0146. The van der Waals surface area contributed by atoms with Gasteiger partial charge in [0.1, 0.15) is 16.7 Å². The van der Waals surface area contributed by atoms with Crippen LogP contribution in [-0.2, 0) is 6.42 Å². The van der Waals surface area contributed by atoms with Crippen molar-refractivity contribution in [3.63, 3.8) is 0 Å². The van der Waals surface area contributed by atoms with Crippen molar-refractivity contribution in [2.75, 3.05) is 6.61 Å². The largest absolute Gasteiger partial charge is 0.396 e. The standard InChI is InChI=1S/C10H7Cl2N5OS/c11-6-3-7(12)10(9-8(6)14-19-15-9)17-4-5(1-2-18)13-16-17/h3-4,18H,1-2H2. The predicted molar refractivity (Wildman–Crippen MR) is 73.1 cm³/mol. The van der Waals surface area contributed by atoms with E-state index in [1.165, 1.54) is 4.68 Å². The number of halogens is 2. The third-order valence-corrected chi connectivity index (χ3v) is 3.66. The highest BCUT2D eigenvalue weighted by Crippen LogP contribution is 2.33. The molecular formula is C10H7Cl2N5OS. The smallest absolute Gasteiger partial charge is 0.133 e. The maximum atomic E-state index is 8.89. The summed E-state index contributed by atoms with van der Waals surface area (Å²) in [6.07, 6.45) is 2.13. The fourth-order valence-corrected chi connectivity index (χ4v) is 2.91. The van der Waals surface area contributed by atoms with Crippen LogP contribution in [0.25, 0.3) is 16.7 Å². The van der Waals surface area contributed by atoms with Crippen molar-refractivity contribution < 1.29 is 5.11 Å². The van der Waals surface area contributed by atoms with Crippen LogP contribution in [0.4, 0.5) is 0 Å². The van der Waals surface area contributed by atoms with Gasteiger partial charge in [-0.3, -0.25) is 0 Å². The molecule has 19 heavy (non-hydrogen) atoms. The molecule has 0 spiro atoms. The lowest BCUT2D eigenvalue weighted by Crippen LogP contribution is -1.98. The summed E-state index contributed by atoms with van der Waals surface area (Å²) in [6, 6.07) is 1.61. The lowest BCUT2D eigenvalue weighted by Gasteiger charge is -2.04. The molecule has 2 aromatic heterocycles. The number of hydrogen-bond acceptors (Lipinski definition) is 6. The van der Waals surface area contributed by atoms with E-state index in [4.69, 9.17) is 28.3 Å². The van der Waals surface area contributed by atoms with Gasteiger partial charge in [0.2, 0.25) is 0 Å². The van der Waals surface area contributed by atoms with Crippen LogP contribution in [0, 0.1) is 0 Å². The molecule has 0 unspecified atom stereocenters. The minimum absolute atomic E-state index is 0.0146. The van der Waals surface area contributed by atoms with E-state index in [1.54, 1.807) is 12.3 Å². The minimum Gasteiger partial charge on any atom is -0.396 e. The Morgan fingerprint density at radius 3 is 2.79 bits per heavy atom. The molecule has 0 fully saturated rings. The van der Waals surface area contributed by atoms with Gasteiger partial charge in [-0.1, -0.05) is 28.4 Å². The molecule has 0 amide bonds. The second kappa shape index (κ2) is 5.01. The monoisotopic (exact) mass is 315 g/mol. The Morgan fingerprint density at radius 2 is 2.00 bits per heavy atom. The normalized spacial score (nSPS) is 11.3. The van der Waals surface area contributed by atoms with Gasteiger partial charge in [-0.05, 0) is 6.07 Å². The molecule has 1 aromatic carbocycles. The van der Waals surface area contributed by atoms with Crippen LogP contribution in [0.2, 0.25) is 10.0 Å². The van der Waals surface area contributed by atoms with E-state index in [0.717, 1.165) is 11.7 Å². The zero-order valence-electron chi connectivity index (χ0n) is 9.42. The van der Waals surface area contributed by atoms with Crippen molar-refractivity contribution in [2.45, 2.75) is 6.42 Å². The Morgan fingerprint density at radius 1 is 1.21 bits per heavy atom. The number of benzene rings is 1. The first kappa shape index (κ1) is 12.7. The van der Waals surface area contributed by atoms with Crippen molar-refractivity contribution in [1.29, 1.82) is 0 Å². The van der Waals surface area contributed by atoms with Crippen molar-refractivity contribution in [1.82, 2.24) is 23.7 Å². The first-order valence-electron chi connectivity index (χ1n) is 5.33. The van der Waals surface area contributed by atoms with Gasteiger partial charge in [0.25, 0.3) is 0 Å². The van der Waals surface area contributed by atoms with E-state index < -0.39 is 0 Å². The molecule has 98 valence electrons. The Hall–Kier alpha value is -1.28. The molecule has 0 saturated carbocycles. The van der Waals surface area contributed by atoms with Gasteiger partial charge in [0.15, 0.2) is 0 Å². The summed E-state index contributed by atoms with van der Waals surface area (Å²) >= 11 is 13.3. The topological polar surface area (TPSA) is 76.7 Å². The predicted octanol–water partition coefficient (Wildman–Crippen LogP) is 2.11. The maximum absolute atomic E-state index is 8.89. The van der Waals surface area contributed by atoms with E-state index in [0.29, 0.717) is 38.9 Å². The summed E-state index contributed by atoms with van der Waals surface area (Å²) in [7, 11) is 0. The first-order valence-corrected chi connectivity index (χ1v) is 6.82. The highest BCUT2D eigenvalue weighted by Gasteiger charge is 2.16. The van der Waals surface area contributed by atoms with Crippen molar-refractivity contribution >= 4 is 46.0 Å². The number of fused-ring (bicyclic) bond motifs is 1. The summed E-state index contributed by atoms with van der Waals surface area (Å²) in [5, 5.41) is 17.7. The highest BCUT2D eigenvalue weighted by molar-refractivity contribution is 7.00. The van der Waals surface area contributed by atoms with Gasteiger partial charge in [0, 0.05) is 13.0 Å². The van der Waals surface area contributed by atoms with E-state index in [2.05, 4.69) is 19.1 Å². The minimum atomic E-state index is 0.0146. The fraction of sp³-hybridized carbons (Fsp3) is 0.200. The zero-order chi connectivity index (χ0) is 13.4. The van der Waals surface area contributed by atoms with Crippen LogP contribution in [0.15, 0.2) is 12.3 Å². The molecule has 0 saturated heterocycles. The molecule has 3 aromatic rings. The third kappa shape index (κ3) is 2.18. The molecule has 1 N–H and O–H groups in total. The van der Waals surface area contributed by atoms with E-state index >= 15 is 0 Å². The van der Waals surface area contributed by atoms with Crippen molar-refractivity contribution in [3.05, 3.63) is 28.0 Å². The maximum Gasteiger partial charge on any atom is 0.133 e. The van der Waals surface area contributed by atoms with E-state index in [9.17, 15) is 0 Å². The molecule has 0 bridgehead atoms. The van der Waals surface area contributed by atoms with Gasteiger partial charge in [0.05, 0.1) is 33.7 Å². The zero-order valence-corrected chi connectivity index (χ0v) is 11.7. The van der Waals surface area contributed by atoms with E-state index in [1.807, 2.05) is 0 Å². The quantitative estimate of drug-likeness (QED) is 0.801. The van der Waals surface area contributed by atoms with Gasteiger partial charge in [-0.15, -0.1) is 5.10 Å². The summed E-state index contributed by atoms with van der Waals surface area (Å²) in [5.74, 6) is 0. The van der Waals surface area contributed by atoms with E-state index in [-0.39, 0.29) is 6.61 Å². The average molecular weight is 316 g/mol. The van der Waals surface area contributed by atoms with Crippen molar-refractivity contribution in [2.24, 2.45) is 0 Å². The summed E-state index contributed by atoms with van der Waals surface area (Å²) < 4.78 is 9.84. The third-order valence-electron chi connectivity index (χ3n) is 2.56. The first-order chi connectivity index (χ1) is 9.20. The molecule has 2 heterocycles. The van der Waals surface area contributed by atoms with Crippen LogP contribution in [0.1, 0.15) is 5.69 Å². The molecule has 9 heteroatoms. The van der Waals surface area contributed by atoms with Crippen LogP contribution < -0.4 is 0 Å². The number of hydrogen-bond donors (Lipinski definition) is 1. The highest BCUT2D eigenvalue weighted by atomic mass is 35.5. The molecule has 0 atom stereocenters. The molecule has 3 rings (SSSR count). The Bertz CT molecular complexity index is 741. The molecule has 0 aliphatic heterocycles. The molecular weight excluding hydrogens is 309 g/mol.